The van der Waals surface area contributed by atoms with E-state index in [-0.39, 0.29) is 11.8 Å². The molecule has 118 valence electrons. The fourth-order valence-electron chi connectivity index (χ4n) is 3.22. The largest absolute Gasteiger partial charge is 0.381 e. The Morgan fingerprint density at radius 2 is 1.73 bits per heavy atom. The number of carbonyl (C=O) groups is 2. The Balaban J connectivity index is 1.68. The molecule has 2 aliphatic rings. The molecule has 0 spiro atoms. The normalized spacial score (nSPS) is 21.8. The maximum absolute atomic E-state index is 12.6. The molecular weight excluding hydrogens is 280 g/mol. The summed E-state index contributed by atoms with van der Waals surface area (Å²) in [7, 11) is 0. The van der Waals surface area contributed by atoms with Gasteiger partial charge in [-0.25, -0.2) is 0 Å². The molecule has 0 aromatic heterocycles. The third-order valence-corrected chi connectivity index (χ3v) is 5.07. The second-order valence-electron chi connectivity index (χ2n) is 6.39. The van der Waals surface area contributed by atoms with Crippen LogP contribution in [0.25, 0.3) is 0 Å². The summed E-state index contributed by atoms with van der Waals surface area (Å²) < 4.78 is 5.31. The molecule has 3 rings (SSSR count). The summed E-state index contributed by atoms with van der Waals surface area (Å²) in [6, 6.07) is 9.83. The minimum atomic E-state index is -0.666. The van der Waals surface area contributed by atoms with E-state index < -0.39 is 10.8 Å². The molecule has 1 aromatic carbocycles. The number of amides is 2. The van der Waals surface area contributed by atoms with Crippen LogP contribution in [0.1, 0.15) is 31.2 Å². The standard InChI is InChI=1S/C17H22N2O3/c18-14(20)16(8-10-22-11-9-16)12-19-15(21)17(6-7-17)13-4-2-1-3-5-13/h1-5H,6-12H2,(H2,18,20)(H,19,21). The third kappa shape index (κ3) is 2.61. The number of hydrogen-bond acceptors (Lipinski definition) is 3. The third-order valence-electron chi connectivity index (χ3n) is 5.07. The van der Waals surface area contributed by atoms with Crippen LogP contribution in [0.15, 0.2) is 30.3 Å². The Kier molecular flexibility index (Phi) is 3.91. The second kappa shape index (κ2) is 5.72. The first-order valence-corrected chi connectivity index (χ1v) is 7.81. The van der Waals surface area contributed by atoms with Gasteiger partial charge in [0.05, 0.1) is 10.8 Å². The summed E-state index contributed by atoms with van der Waals surface area (Å²) in [6.45, 7) is 1.34. The van der Waals surface area contributed by atoms with Crippen molar-refractivity contribution in [2.24, 2.45) is 11.1 Å². The molecule has 1 saturated carbocycles. The Morgan fingerprint density at radius 1 is 1.09 bits per heavy atom. The lowest BCUT2D eigenvalue weighted by Crippen LogP contribution is -2.51. The van der Waals surface area contributed by atoms with Crippen molar-refractivity contribution in [1.29, 1.82) is 0 Å². The summed E-state index contributed by atoms with van der Waals surface area (Å²) in [5.41, 5.74) is 5.55. The number of ether oxygens (including phenoxy) is 1. The van der Waals surface area contributed by atoms with Gasteiger partial charge in [0, 0.05) is 19.8 Å². The van der Waals surface area contributed by atoms with E-state index >= 15 is 0 Å². The fraction of sp³-hybridized carbons (Fsp3) is 0.529. The van der Waals surface area contributed by atoms with Crippen molar-refractivity contribution in [2.75, 3.05) is 19.8 Å². The van der Waals surface area contributed by atoms with Crippen molar-refractivity contribution < 1.29 is 14.3 Å². The molecule has 0 atom stereocenters. The fourth-order valence-corrected chi connectivity index (χ4v) is 3.22. The molecule has 0 bridgehead atoms. The van der Waals surface area contributed by atoms with Gasteiger partial charge in [-0.05, 0) is 31.2 Å². The van der Waals surface area contributed by atoms with Gasteiger partial charge in [-0.1, -0.05) is 30.3 Å². The summed E-state index contributed by atoms with van der Waals surface area (Å²) >= 11 is 0. The molecule has 1 aliphatic heterocycles. The van der Waals surface area contributed by atoms with Crippen LogP contribution >= 0.6 is 0 Å². The first kappa shape index (κ1) is 15.0. The summed E-state index contributed by atoms with van der Waals surface area (Å²) in [6.07, 6.45) is 2.85. The maximum atomic E-state index is 12.6. The van der Waals surface area contributed by atoms with Gasteiger partial charge in [0.2, 0.25) is 11.8 Å². The zero-order valence-corrected chi connectivity index (χ0v) is 12.6. The molecule has 22 heavy (non-hydrogen) atoms. The van der Waals surface area contributed by atoms with Gasteiger partial charge in [-0.2, -0.15) is 0 Å². The Labute approximate surface area is 130 Å². The van der Waals surface area contributed by atoms with E-state index in [1.807, 2.05) is 30.3 Å². The lowest BCUT2D eigenvalue weighted by atomic mass is 9.79. The Morgan fingerprint density at radius 3 is 2.27 bits per heavy atom. The van der Waals surface area contributed by atoms with Crippen LogP contribution in [0.4, 0.5) is 0 Å². The van der Waals surface area contributed by atoms with Gasteiger partial charge in [-0.15, -0.1) is 0 Å². The van der Waals surface area contributed by atoms with E-state index in [0.29, 0.717) is 32.6 Å². The minimum Gasteiger partial charge on any atom is -0.381 e. The molecule has 1 heterocycles. The van der Waals surface area contributed by atoms with Gasteiger partial charge >= 0.3 is 0 Å². The highest BCUT2D eigenvalue weighted by Crippen LogP contribution is 2.48. The average Bonchev–Trinajstić information content (AvgIpc) is 3.36. The highest BCUT2D eigenvalue weighted by atomic mass is 16.5. The maximum Gasteiger partial charge on any atom is 0.230 e. The molecule has 5 heteroatoms. The summed E-state index contributed by atoms with van der Waals surface area (Å²) in [5, 5.41) is 2.98. The molecule has 0 unspecified atom stereocenters. The van der Waals surface area contributed by atoms with E-state index in [2.05, 4.69) is 5.32 Å². The van der Waals surface area contributed by atoms with E-state index in [1.54, 1.807) is 0 Å². The SMILES string of the molecule is NC(=O)C1(CNC(=O)C2(c3ccccc3)CC2)CCOCC1. The highest BCUT2D eigenvalue weighted by Gasteiger charge is 2.51. The zero-order valence-electron chi connectivity index (χ0n) is 12.6. The second-order valence-corrected chi connectivity index (χ2v) is 6.39. The molecule has 2 fully saturated rings. The number of nitrogens with one attached hydrogen (secondary N) is 1. The van der Waals surface area contributed by atoms with Gasteiger partial charge in [0.15, 0.2) is 0 Å². The van der Waals surface area contributed by atoms with Crippen LogP contribution in [-0.2, 0) is 19.7 Å². The van der Waals surface area contributed by atoms with Crippen molar-refractivity contribution >= 4 is 11.8 Å². The van der Waals surface area contributed by atoms with Crippen LogP contribution in [0.2, 0.25) is 0 Å². The molecule has 1 aromatic rings. The molecule has 1 saturated heterocycles. The van der Waals surface area contributed by atoms with Crippen molar-refractivity contribution in [2.45, 2.75) is 31.1 Å². The van der Waals surface area contributed by atoms with Crippen molar-refractivity contribution in [3.05, 3.63) is 35.9 Å². The summed E-state index contributed by atoms with van der Waals surface area (Å²) in [4.78, 5) is 24.5. The number of benzene rings is 1. The monoisotopic (exact) mass is 302 g/mol. The van der Waals surface area contributed by atoms with E-state index in [0.717, 1.165) is 18.4 Å². The topological polar surface area (TPSA) is 81.4 Å². The van der Waals surface area contributed by atoms with Crippen molar-refractivity contribution in [3.8, 4) is 0 Å². The zero-order chi connectivity index (χ0) is 15.6. The number of nitrogens with two attached hydrogens (primary N) is 1. The molecule has 0 radical (unpaired) electrons. The van der Waals surface area contributed by atoms with Crippen LogP contribution in [-0.4, -0.2) is 31.6 Å². The minimum absolute atomic E-state index is 0.00539. The van der Waals surface area contributed by atoms with Gasteiger partial charge in [0.25, 0.3) is 0 Å². The molecule has 2 amide bonds. The van der Waals surface area contributed by atoms with Gasteiger partial charge in [0.1, 0.15) is 0 Å². The number of rotatable bonds is 5. The molecule has 1 aliphatic carbocycles. The predicted molar refractivity (Wildman–Crippen MR) is 82.0 cm³/mol. The van der Waals surface area contributed by atoms with Gasteiger partial charge in [-0.3, -0.25) is 9.59 Å². The number of carbonyl (C=O) groups excluding carboxylic acids is 2. The lowest BCUT2D eigenvalue weighted by Gasteiger charge is -2.34. The smallest absolute Gasteiger partial charge is 0.230 e. The highest BCUT2D eigenvalue weighted by molar-refractivity contribution is 5.92. The van der Waals surface area contributed by atoms with E-state index in [4.69, 9.17) is 10.5 Å². The quantitative estimate of drug-likeness (QED) is 0.855. The number of primary amides is 1. The number of hydrogen-bond donors (Lipinski definition) is 2. The molecule has 3 N–H and O–H groups in total. The van der Waals surface area contributed by atoms with Crippen LogP contribution in [0, 0.1) is 5.41 Å². The van der Waals surface area contributed by atoms with Crippen molar-refractivity contribution in [3.63, 3.8) is 0 Å². The van der Waals surface area contributed by atoms with Gasteiger partial charge < -0.3 is 15.8 Å². The first-order chi connectivity index (χ1) is 10.6. The predicted octanol–water partition coefficient (Wildman–Crippen LogP) is 1.12. The van der Waals surface area contributed by atoms with E-state index in [1.165, 1.54) is 0 Å². The lowest BCUT2D eigenvalue weighted by molar-refractivity contribution is -0.134. The summed E-state index contributed by atoms with van der Waals surface area (Å²) in [5.74, 6) is -0.341. The Hall–Kier alpha value is -1.88. The molecule has 5 nitrogen and oxygen atoms in total. The Bertz CT molecular complexity index is 561. The van der Waals surface area contributed by atoms with Crippen LogP contribution < -0.4 is 11.1 Å². The molecular formula is C17H22N2O3. The average molecular weight is 302 g/mol. The van der Waals surface area contributed by atoms with Crippen LogP contribution in [0.3, 0.4) is 0 Å². The first-order valence-electron chi connectivity index (χ1n) is 7.81. The van der Waals surface area contributed by atoms with Crippen molar-refractivity contribution in [1.82, 2.24) is 5.32 Å². The van der Waals surface area contributed by atoms with E-state index in [9.17, 15) is 9.59 Å². The van der Waals surface area contributed by atoms with Crippen LogP contribution in [0.5, 0.6) is 0 Å².